The maximum absolute atomic E-state index is 13.2. The third-order valence-electron chi connectivity index (χ3n) is 4.47. The van der Waals surface area contributed by atoms with Crippen molar-refractivity contribution < 1.29 is 22.4 Å². The minimum Gasteiger partial charge on any atom is -0.354 e. The Morgan fingerprint density at radius 1 is 1.07 bits per heavy atom. The van der Waals surface area contributed by atoms with Gasteiger partial charge in [0.1, 0.15) is 11.6 Å². The van der Waals surface area contributed by atoms with Crippen molar-refractivity contribution in [1.29, 1.82) is 0 Å². The predicted molar refractivity (Wildman–Crippen MR) is 102 cm³/mol. The lowest BCUT2D eigenvalue weighted by molar-refractivity contribution is -0.183. The molecule has 5 nitrogen and oxygen atoms in total. The van der Waals surface area contributed by atoms with Gasteiger partial charge in [0.25, 0.3) is 0 Å². The number of rotatable bonds is 7. The molecular formula is C20H22F4N4O. The molecule has 1 aromatic carbocycles. The lowest BCUT2D eigenvalue weighted by Gasteiger charge is -2.35. The third kappa shape index (κ3) is 6.72. The van der Waals surface area contributed by atoms with Crippen molar-refractivity contribution in [2.75, 3.05) is 44.2 Å². The Bertz CT molecular complexity index is 788. The zero-order valence-electron chi connectivity index (χ0n) is 15.7. The van der Waals surface area contributed by atoms with Gasteiger partial charge in [0.05, 0.1) is 5.70 Å². The Kier molecular flexibility index (Phi) is 7.05. The number of hydrogen-bond acceptors (Lipinski definition) is 5. The minimum absolute atomic E-state index is 0.362. The molecule has 1 aliphatic rings. The molecule has 0 aliphatic carbocycles. The summed E-state index contributed by atoms with van der Waals surface area (Å²) in [6, 6.07) is 11.3. The van der Waals surface area contributed by atoms with Crippen molar-refractivity contribution in [2.45, 2.75) is 6.18 Å². The van der Waals surface area contributed by atoms with Crippen molar-refractivity contribution in [2.24, 2.45) is 0 Å². The molecule has 0 amide bonds. The van der Waals surface area contributed by atoms with Gasteiger partial charge in [-0.2, -0.15) is 13.2 Å². The monoisotopic (exact) mass is 410 g/mol. The number of benzene rings is 1. The van der Waals surface area contributed by atoms with Crippen LogP contribution in [0.2, 0.25) is 0 Å². The van der Waals surface area contributed by atoms with E-state index >= 15 is 0 Å². The van der Waals surface area contributed by atoms with Crippen LogP contribution in [0.25, 0.3) is 5.70 Å². The highest BCUT2D eigenvalue weighted by Crippen LogP contribution is 2.17. The number of aromatic nitrogens is 1. The maximum atomic E-state index is 13.2. The van der Waals surface area contributed by atoms with E-state index in [1.54, 1.807) is 12.3 Å². The van der Waals surface area contributed by atoms with Crippen molar-refractivity contribution in [3.8, 4) is 0 Å². The van der Waals surface area contributed by atoms with Crippen molar-refractivity contribution in [3.05, 3.63) is 66.1 Å². The summed E-state index contributed by atoms with van der Waals surface area (Å²) >= 11 is 0. The van der Waals surface area contributed by atoms with Gasteiger partial charge < -0.3 is 4.90 Å². The lowest BCUT2D eigenvalue weighted by atomic mass is 10.1. The molecule has 1 aromatic heterocycles. The van der Waals surface area contributed by atoms with Crippen LogP contribution in [-0.4, -0.2) is 55.4 Å². The molecule has 1 aliphatic heterocycles. The van der Waals surface area contributed by atoms with Gasteiger partial charge in [0.15, 0.2) is 6.61 Å². The molecule has 2 aromatic rings. The topological polar surface area (TPSA) is 40.6 Å². The van der Waals surface area contributed by atoms with E-state index in [1.165, 1.54) is 24.3 Å². The number of piperazine rings is 1. The minimum atomic E-state index is -4.44. The number of hydrogen-bond donors (Lipinski definition) is 1. The molecule has 0 saturated carbocycles. The summed E-state index contributed by atoms with van der Waals surface area (Å²) in [6.45, 7) is 2.27. The SMILES string of the molecule is Fc1ccc(C(=CCN2CCN(c3ccccn3)CC2)NOCC(F)(F)F)cc1. The predicted octanol–water partition coefficient (Wildman–Crippen LogP) is 3.47. The average Bonchev–Trinajstić information content (AvgIpc) is 2.71. The van der Waals surface area contributed by atoms with E-state index in [9.17, 15) is 17.6 Å². The van der Waals surface area contributed by atoms with Crippen molar-refractivity contribution >= 4 is 11.5 Å². The van der Waals surface area contributed by atoms with Crippen LogP contribution < -0.4 is 10.4 Å². The zero-order valence-corrected chi connectivity index (χ0v) is 15.7. The zero-order chi connectivity index (χ0) is 20.7. The fourth-order valence-corrected chi connectivity index (χ4v) is 2.96. The van der Waals surface area contributed by atoms with Gasteiger partial charge in [0.2, 0.25) is 0 Å². The second-order valence-corrected chi connectivity index (χ2v) is 6.61. The quantitative estimate of drug-likeness (QED) is 0.559. The Labute approximate surface area is 166 Å². The van der Waals surface area contributed by atoms with Crippen LogP contribution in [0.15, 0.2) is 54.7 Å². The highest BCUT2D eigenvalue weighted by atomic mass is 19.4. The second-order valence-electron chi connectivity index (χ2n) is 6.61. The molecule has 3 rings (SSSR count). The molecule has 2 heterocycles. The molecule has 0 unspecified atom stereocenters. The fraction of sp³-hybridized carbons (Fsp3) is 0.350. The molecule has 156 valence electrons. The summed E-state index contributed by atoms with van der Waals surface area (Å²) in [5, 5.41) is 0. The van der Waals surface area contributed by atoms with Crippen LogP contribution in [0, 0.1) is 5.82 Å². The molecule has 0 spiro atoms. The van der Waals surface area contributed by atoms with Crippen LogP contribution in [0.3, 0.4) is 0 Å². The first kappa shape index (κ1) is 21.1. The van der Waals surface area contributed by atoms with Crippen LogP contribution in [0.1, 0.15) is 5.56 Å². The smallest absolute Gasteiger partial charge is 0.354 e. The van der Waals surface area contributed by atoms with Crippen molar-refractivity contribution in [3.63, 3.8) is 0 Å². The first-order chi connectivity index (χ1) is 13.9. The molecular weight excluding hydrogens is 388 g/mol. The second kappa shape index (κ2) is 9.71. The van der Waals surface area contributed by atoms with Gasteiger partial charge in [-0.15, -0.1) is 0 Å². The van der Waals surface area contributed by atoms with E-state index in [4.69, 9.17) is 0 Å². The standard InChI is InChI=1S/C20H22F4N4O/c21-17-6-4-16(5-7-17)18(26-29-15-20(22,23)24)8-10-27-11-13-28(14-12-27)19-3-1-2-9-25-19/h1-9,26H,10-15H2. The van der Waals surface area contributed by atoms with Gasteiger partial charge in [-0.3, -0.25) is 15.2 Å². The molecule has 9 heteroatoms. The Balaban J connectivity index is 1.59. The number of anilines is 1. The Morgan fingerprint density at radius 3 is 2.41 bits per heavy atom. The van der Waals surface area contributed by atoms with E-state index in [2.05, 4.69) is 25.1 Å². The van der Waals surface area contributed by atoms with E-state index in [1.807, 2.05) is 18.2 Å². The lowest BCUT2D eigenvalue weighted by Crippen LogP contribution is -2.46. The van der Waals surface area contributed by atoms with Crippen LogP contribution >= 0.6 is 0 Å². The van der Waals surface area contributed by atoms with Gasteiger partial charge in [-0.1, -0.05) is 6.07 Å². The van der Waals surface area contributed by atoms with E-state index < -0.39 is 18.6 Å². The summed E-state index contributed by atoms with van der Waals surface area (Å²) in [7, 11) is 0. The van der Waals surface area contributed by atoms with Gasteiger partial charge in [-0.25, -0.2) is 9.37 Å². The Morgan fingerprint density at radius 2 is 1.79 bits per heavy atom. The maximum Gasteiger partial charge on any atom is 0.414 e. The highest BCUT2D eigenvalue weighted by Gasteiger charge is 2.28. The highest BCUT2D eigenvalue weighted by molar-refractivity contribution is 5.63. The summed E-state index contributed by atoms with van der Waals surface area (Å²) in [4.78, 5) is 13.3. The summed E-state index contributed by atoms with van der Waals surface area (Å²) in [5.41, 5.74) is 3.26. The Hall–Kier alpha value is -2.65. The van der Waals surface area contributed by atoms with Gasteiger partial charge in [-0.05, 0) is 48.0 Å². The number of halogens is 4. The number of alkyl halides is 3. The molecule has 1 N–H and O–H groups in total. The summed E-state index contributed by atoms with van der Waals surface area (Å²) in [6.07, 6.45) is -0.936. The number of nitrogens with one attached hydrogen (secondary N) is 1. The fourth-order valence-electron chi connectivity index (χ4n) is 2.96. The van der Waals surface area contributed by atoms with E-state index in [0.29, 0.717) is 17.8 Å². The normalized spacial score (nSPS) is 16.1. The molecule has 1 saturated heterocycles. The first-order valence-corrected chi connectivity index (χ1v) is 9.20. The number of nitrogens with zero attached hydrogens (tertiary/aromatic N) is 3. The van der Waals surface area contributed by atoms with Gasteiger partial charge >= 0.3 is 6.18 Å². The summed E-state index contributed by atoms with van der Waals surface area (Å²) in [5.74, 6) is 0.506. The molecule has 0 bridgehead atoms. The van der Waals surface area contributed by atoms with Crippen LogP contribution in [0.5, 0.6) is 0 Å². The molecule has 29 heavy (non-hydrogen) atoms. The largest absolute Gasteiger partial charge is 0.414 e. The molecule has 0 atom stereocenters. The number of pyridine rings is 1. The average molecular weight is 410 g/mol. The summed E-state index contributed by atoms with van der Waals surface area (Å²) < 4.78 is 50.3. The third-order valence-corrected chi connectivity index (χ3v) is 4.47. The number of hydroxylamine groups is 1. The van der Waals surface area contributed by atoms with Gasteiger partial charge in [0, 0.05) is 38.9 Å². The van der Waals surface area contributed by atoms with Crippen molar-refractivity contribution in [1.82, 2.24) is 15.4 Å². The van der Waals surface area contributed by atoms with Crippen LogP contribution in [-0.2, 0) is 4.84 Å². The molecule has 0 radical (unpaired) electrons. The van der Waals surface area contributed by atoms with E-state index in [0.717, 1.165) is 32.0 Å². The molecule has 1 fully saturated rings. The first-order valence-electron chi connectivity index (χ1n) is 9.20. The van der Waals surface area contributed by atoms with E-state index in [-0.39, 0.29) is 0 Å². The van der Waals surface area contributed by atoms with Crippen LogP contribution in [0.4, 0.5) is 23.4 Å².